The number of aryl methyl sites for hydroxylation is 4. The van der Waals surface area contributed by atoms with Crippen LogP contribution in [0, 0.1) is 27.7 Å². The van der Waals surface area contributed by atoms with Crippen LogP contribution in [0.15, 0.2) is 71.5 Å². The summed E-state index contributed by atoms with van der Waals surface area (Å²) in [5, 5.41) is 8.24. The molecule has 0 fully saturated rings. The number of nitrogen functional groups attached to an aromatic ring is 1. The van der Waals surface area contributed by atoms with Gasteiger partial charge in [-0.3, -0.25) is 4.79 Å². The number of hydrogen-bond donors (Lipinski definition) is 2. The summed E-state index contributed by atoms with van der Waals surface area (Å²) in [6, 6.07) is 21.6. The van der Waals surface area contributed by atoms with Crippen molar-refractivity contribution in [2.24, 2.45) is 0 Å². The maximum Gasteiger partial charge on any atom is 0.272 e. The fourth-order valence-electron chi connectivity index (χ4n) is 4.26. The lowest BCUT2D eigenvalue weighted by atomic mass is 10.1. The van der Waals surface area contributed by atoms with Crippen molar-refractivity contribution in [1.29, 1.82) is 0 Å². The summed E-state index contributed by atoms with van der Waals surface area (Å²) in [7, 11) is 0. The van der Waals surface area contributed by atoms with Crippen LogP contribution >= 0.6 is 0 Å². The first-order valence-corrected chi connectivity index (χ1v) is 11.1. The quantitative estimate of drug-likeness (QED) is 0.396. The van der Waals surface area contributed by atoms with Gasteiger partial charge in [0.25, 0.3) is 5.56 Å². The molecule has 5 rings (SSSR count). The third-order valence-corrected chi connectivity index (χ3v) is 5.97. The van der Waals surface area contributed by atoms with Crippen LogP contribution in [0.25, 0.3) is 22.4 Å². The van der Waals surface area contributed by atoms with Crippen molar-refractivity contribution >= 4 is 28.5 Å². The van der Waals surface area contributed by atoms with E-state index in [1.165, 1.54) is 0 Å². The molecule has 7 heteroatoms. The summed E-state index contributed by atoms with van der Waals surface area (Å²) < 4.78 is 3.15. The minimum atomic E-state index is -0.274. The third kappa shape index (κ3) is 3.61. The number of hydrogen-bond acceptors (Lipinski definition) is 5. The van der Waals surface area contributed by atoms with E-state index in [-0.39, 0.29) is 16.8 Å². The van der Waals surface area contributed by atoms with E-state index in [9.17, 15) is 4.79 Å². The van der Waals surface area contributed by atoms with E-state index in [4.69, 9.17) is 10.7 Å². The standard InChI is InChI=1S/C27H26N6O/c1-16-10-12-21(18(3)14-16)29-27-30-25-23(24(28)33(31-25)20-8-6-5-7-9-20)26(34)32(27)22-13-11-17(2)15-19(22)4/h5-15H,28H2,1-4H3,(H,29,30,31). The predicted molar refractivity (Wildman–Crippen MR) is 138 cm³/mol. The van der Waals surface area contributed by atoms with Crippen LogP contribution in [0.1, 0.15) is 22.3 Å². The van der Waals surface area contributed by atoms with Gasteiger partial charge in [0.05, 0.1) is 11.4 Å². The normalized spacial score (nSPS) is 11.2. The molecule has 0 saturated carbocycles. The van der Waals surface area contributed by atoms with Gasteiger partial charge >= 0.3 is 0 Å². The molecule has 3 aromatic carbocycles. The number of nitrogens with one attached hydrogen (secondary N) is 1. The Balaban J connectivity index is 1.80. The lowest BCUT2D eigenvalue weighted by Gasteiger charge is -2.17. The lowest BCUT2D eigenvalue weighted by molar-refractivity contribution is 0.897. The molecule has 0 radical (unpaired) electrons. The Morgan fingerprint density at radius 1 is 0.853 bits per heavy atom. The van der Waals surface area contributed by atoms with Crippen LogP contribution in [0.3, 0.4) is 0 Å². The van der Waals surface area contributed by atoms with Crippen molar-refractivity contribution in [3.8, 4) is 11.4 Å². The van der Waals surface area contributed by atoms with Gasteiger partial charge in [-0.2, -0.15) is 4.98 Å². The molecule has 0 unspecified atom stereocenters. The molecule has 2 heterocycles. The topological polar surface area (TPSA) is 90.8 Å². The number of nitrogens with two attached hydrogens (primary N) is 1. The second-order valence-corrected chi connectivity index (χ2v) is 8.64. The van der Waals surface area contributed by atoms with Crippen molar-refractivity contribution in [3.05, 3.63) is 99.3 Å². The summed E-state index contributed by atoms with van der Waals surface area (Å²) in [6.07, 6.45) is 0. The van der Waals surface area contributed by atoms with Gasteiger partial charge in [0.1, 0.15) is 11.2 Å². The Labute approximate surface area is 197 Å². The molecule has 170 valence electrons. The molecule has 0 amide bonds. The summed E-state index contributed by atoms with van der Waals surface area (Å²) in [5.74, 6) is 0.643. The highest BCUT2D eigenvalue weighted by atomic mass is 16.1. The second kappa shape index (κ2) is 8.19. The van der Waals surface area contributed by atoms with Crippen LogP contribution in [-0.4, -0.2) is 19.3 Å². The van der Waals surface area contributed by atoms with Crippen LogP contribution in [0.4, 0.5) is 17.5 Å². The Kier molecular flexibility index (Phi) is 5.17. The first-order chi connectivity index (χ1) is 16.3. The Morgan fingerprint density at radius 3 is 2.21 bits per heavy atom. The highest BCUT2D eigenvalue weighted by Gasteiger charge is 2.21. The number of para-hydroxylation sites is 1. The van der Waals surface area contributed by atoms with Gasteiger partial charge in [-0.05, 0) is 63.1 Å². The summed E-state index contributed by atoms with van der Waals surface area (Å²) in [4.78, 5) is 18.7. The molecule has 0 aliphatic carbocycles. The van der Waals surface area contributed by atoms with E-state index in [1.54, 1.807) is 9.25 Å². The zero-order valence-electron chi connectivity index (χ0n) is 19.6. The maximum absolute atomic E-state index is 13.9. The Bertz CT molecular complexity index is 1600. The van der Waals surface area contributed by atoms with Gasteiger partial charge in [-0.15, -0.1) is 5.10 Å². The molecule has 0 aliphatic rings. The van der Waals surface area contributed by atoms with Gasteiger partial charge in [0.2, 0.25) is 5.95 Å². The molecule has 7 nitrogen and oxygen atoms in total. The first kappa shape index (κ1) is 21.5. The fraction of sp³-hybridized carbons (Fsp3) is 0.148. The summed E-state index contributed by atoms with van der Waals surface area (Å²) in [6.45, 7) is 8.08. The van der Waals surface area contributed by atoms with Gasteiger partial charge < -0.3 is 11.1 Å². The number of anilines is 3. The van der Waals surface area contributed by atoms with Crippen LogP contribution in [0.5, 0.6) is 0 Å². The molecular weight excluding hydrogens is 424 g/mol. The average molecular weight is 451 g/mol. The van der Waals surface area contributed by atoms with Crippen molar-refractivity contribution in [2.75, 3.05) is 11.1 Å². The Morgan fingerprint density at radius 2 is 1.53 bits per heavy atom. The number of fused-ring (bicyclic) bond motifs is 1. The Hall–Kier alpha value is -4.39. The van der Waals surface area contributed by atoms with Gasteiger partial charge in [-0.25, -0.2) is 9.25 Å². The molecule has 5 aromatic rings. The van der Waals surface area contributed by atoms with Crippen molar-refractivity contribution in [1.82, 2.24) is 19.3 Å². The smallest absolute Gasteiger partial charge is 0.272 e. The van der Waals surface area contributed by atoms with E-state index >= 15 is 0 Å². The molecule has 34 heavy (non-hydrogen) atoms. The molecule has 3 N–H and O–H groups in total. The second-order valence-electron chi connectivity index (χ2n) is 8.64. The number of benzene rings is 3. The molecule has 0 atom stereocenters. The number of rotatable bonds is 4. The van der Waals surface area contributed by atoms with Crippen molar-refractivity contribution < 1.29 is 0 Å². The molecule has 0 bridgehead atoms. The zero-order valence-corrected chi connectivity index (χ0v) is 19.6. The van der Waals surface area contributed by atoms with E-state index in [0.717, 1.165) is 39.3 Å². The SMILES string of the molecule is Cc1ccc(Nc2nc3nn(-c4ccccc4)c(N)c3c(=O)n2-c2ccc(C)cc2C)c(C)c1. The zero-order chi connectivity index (χ0) is 24.0. The van der Waals surface area contributed by atoms with E-state index in [0.29, 0.717) is 11.6 Å². The minimum absolute atomic E-state index is 0.260. The predicted octanol–water partition coefficient (Wildman–Crippen LogP) is 5.13. The van der Waals surface area contributed by atoms with Gasteiger partial charge in [-0.1, -0.05) is 53.6 Å². The maximum atomic E-state index is 13.9. The molecule has 0 spiro atoms. The van der Waals surface area contributed by atoms with Crippen LogP contribution in [0.2, 0.25) is 0 Å². The van der Waals surface area contributed by atoms with E-state index < -0.39 is 0 Å². The highest BCUT2D eigenvalue weighted by molar-refractivity contribution is 5.88. The first-order valence-electron chi connectivity index (χ1n) is 11.1. The van der Waals surface area contributed by atoms with Crippen molar-refractivity contribution in [2.45, 2.75) is 27.7 Å². The van der Waals surface area contributed by atoms with Gasteiger partial charge in [0.15, 0.2) is 5.65 Å². The van der Waals surface area contributed by atoms with E-state index in [1.807, 2.05) is 88.4 Å². The molecule has 0 aliphatic heterocycles. The highest BCUT2D eigenvalue weighted by Crippen LogP contribution is 2.27. The number of nitrogens with zero attached hydrogens (tertiary/aromatic N) is 4. The van der Waals surface area contributed by atoms with Crippen LogP contribution < -0.4 is 16.6 Å². The molecule has 0 saturated heterocycles. The van der Waals surface area contributed by atoms with Crippen molar-refractivity contribution in [3.63, 3.8) is 0 Å². The third-order valence-electron chi connectivity index (χ3n) is 5.97. The lowest BCUT2D eigenvalue weighted by Crippen LogP contribution is -2.24. The fourth-order valence-corrected chi connectivity index (χ4v) is 4.26. The number of aromatic nitrogens is 4. The summed E-state index contributed by atoms with van der Waals surface area (Å²) >= 11 is 0. The van der Waals surface area contributed by atoms with Crippen LogP contribution in [-0.2, 0) is 0 Å². The monoisotopic (exact) mass is 450 g/mol. The average Bonchev–Trinajstić information content (AvgIpc) is 3.14. The molecular formula is C27H26N6O. The largest absolute Gasteiger partial charge is 0.383 e. The van der Waals surface area contributed by atoms with E-state index in [2.05, 4.69) is 16.5 Å². The minimum Gasteiger partial charge on any atom is -0.383 e. The molecule has 2 aromatic heterocycles. The summed E-state index contributed by atoms with van der Waals surface area (Å²) in [5.41, 5.74) is 13.1. The van der Waals surface area contributed by atoms with Gasteiger partial charge in [0, 0.05) is 5.69 Å².